The van der Waals surface area contributed by atoms with Crippen LogP contribution in [0.1, 0.15) is 12.8 Å². The van der Waals surface area contributed by atoms with Gasteiger partial charge in [-0.3, -0.25) is 9.69 Å². The molecule has 0 aromatic heterocycles. The summed E-state index contributed by atoms with van der Waals surface area (Å²) >= 11 is 0. The first-order valence-corrected chi connectivity index (χ1v) is 4.19. The van der Waals surface area contributed by atoms with Crippen LogP contribution in [0.25, 0.3) is 0 Å². The lowest BCUT2D eigenvalue weighted by molar-refractivity contribution is -0.138. The topological polar surface area (TPSA) is 49.8 Å². The first-order chi connectivity index (χ1) is 5.74. The fraction of sp³-hybridized carbons (Fsp3) is 0.875. The Bertz CT molecular complexity index is 160. The fourth-order valence-electron chi connectivity index (χ4n) is 1.66. The van der Waals surface area contributed by atoms with E-state index in [0.29, 0.717) is 12.6 Å². The van der Waals surface area contributed by atoms with Crippen LogP contribution in [0.15, 0.2) is 0 Å². The molecule has 0 spiro atoms. The molecule has 0 aliphatic carbocycles. The molecule has 1 aliphatic heterocycles. The quantitative estimate of drug-likeness (QED) is 0.659. The number of hydrogen-bond donors (Lipinski definition) is 1. The molecule has 0 bridgehead atoms. The molecule has 1 fully saturated rings. The van der Waals surface area contributed by atoms with Crippen molar-refractivity contribution in [3.8, 4) is 0 Å². The summed E-state index contributed by atoms with van der Waals surface area (Å²) in [7, 11) is 1.65. The van der Waals surface area contributed by atoms with Crippen LogP contribution in [0.2, 0.25) is 0 Å². The number of likely N-dealkylation sites (tertiary alicyclic amines) is 1. The van der Waals surface area contributed by atoms with Gasteiger partial charge in [0, 0.05) is 13.2 Å². The monoisotopic (exact) mass is 173 g/mol. The molecule has 0 saturated carbocycles. The highest BCUT2D eigenvalue weighted by molar-refractivity contribution is 5.69. The van der Waals surface area contributed by atoms with Gasteiger partial charge in [-0.25, -0.2) is 0 Å². The molecule has 0 radical (unpaired) electrons. The average molecular weight is 173 g/mol. The third-order valence-corrected chi connectivity index (χ3v) is 2.20. The molecular weight excluding hydrogens is 158 g/mol. The number of rotatable bonds is 4. The Morgan fingerprint density at radius 2 is 2.50 bits per heavy atom. The Morgan fingerprint density at radius 1 is 1.75 bits per heavy atom. The van der Waals surface area contributed by atoms with Gasteiger partial charge in [0.15, 0.2) is 0 Å². The first kappa shape index (κ1) is 9.48. The van der Waals surface area contributed by atoms with Gasteiger partial charge in [0.2, 0.25) is 0 Å². The summed E-state index contributed by atoms with van der Waals surface area (Å²) in [6.45, 7) is 1.68. The predicted molar refractivity (Wildman–Crippen MR) is 44.1 cm³/mol. The summed E-state index contributed by atoms with van der Waals surface area (Å²) in [5.74, 6) is -0.752. The van der Waals surface area contributed by atoms with Crippen LogP contribution in [-0.2, 0) is 9.53 Å². The van der Waals surface area contributed by atoms with Crippen LogP contribution in [0.5, 0.6) is 0 Å². The molecule has 0 amide bonds. The lowest BCUT2D eigenvalue weighted by atomic mass is 10.2. The molecule has 1 rings (SSSR count). The van der Waals surface area contributed by atoms with Gasteiger partial charge in [-0.15, -0.1) is 0 Å². The Labute approximate surface area is 72.1 Å². The molecular formula is C8H15NO3. The van der Waals surface area contributed by atoms with E-state index in [1.165, 1.54) is 0 Å². The zero-order valence-corrected chi connectivity index (χ0v) is 7.32. The molecule has 1 aliphatic rings. The normalized spacial score (nSPS) is 24.6. The number of carbonyl (C=O) groups is 1. The second kappa shape index (κ2) is 4.42. The Morgan fingerprint density at radius 3 is 3.08 bits per heavy atom. The predicted octanol–water partition coefficient (Wildman–Crippen LogP) is 0.182. The molecule has 1 atom stereocenters. The fourth-order valence-corrected chi connectivity index (χ4v) is 1.66. The lowest BCUT2D eigenvalue weighted by Crippen LogP contribution is -2.36. The average Bonchev–Trinajstić information content (AvgIpc) is 2.37. The smallest absolute Gasteiger partial charge is 0.317 e. The third-order valence-electron chi connectivity index (χ3n) is 2.20. The van der Waals surface area contributed by atoms with Crippen molar-refractivity contribution in [2.45, 2.75) is 18.9 Å². The van der Waals surface area contributed by atoms with E-state index >= 15 is 0 Å². The van der Waals surface area contributed by atoms with Gasteiger partial charge in [0.05, 0.1) is 13.2 Å². The number of ether oxygens (including phenoxy) is 1. The van der Waals surface area contributed by atoms with Crippen molar-refractivity contribution in [1.82, 2.24) is 4.90 Å². The summed E-state index contributed by atoms with van der Waals surface area (Å²) in [5.41, 5.74) is 0. The molecule has 70 valence electrons. The molecule has 4 nitrogen and oxygen atoms in total. The molecule has 0 aromatic carbocycles. The van der Waals surface area contributed by atoms with E-state index in [0.717, 1.165) is 19.4 Å². The van der Waals surface area contributed by atoms with E-state index in [9.17, 15) is 4.79 Å². The van der Waals surface area contributed by atoms with Gasteiger partial charge in [0.1, 0.15) is 0 Å². The van der Waals surface area contributed by atoms with E-state index in [-0.39, 0.29) is 6.54 Å². The van der Waals surface area contributed by atoms with Gasteiger partial charge >= 0.3 is 5.97 Å². The number of hydrogen-bond acceptors (Lipinski definition) is 3. The summed E-state index contributed by atoms with van der Waals surface area (Å²) in [6.07, 6.45) is 2.14. The van der Waals surface area contributed by atoms with Gasteiger partial charge < -0.3 is 9.84 Å². The van der Waals surface area contributed by atoms with E-state index < -0.39 is 5.97 Å². The zero-order chi connectivity index (χ0) is 8.97. The van der Waals surface area contributed by atoms with Crippen molar-refractivity contribution in [3.63, 3.8) is 0 Å². The number of aliphatic carboxylic acids is 1. The molecule has 1 saturated heterocycles. The van der Waals surface area contributed by atoms with Crippen molar-refractivity contribution >= 4 is 5.97 Å². The maximum Gasteiger partial charge on any atom is 0.317 e. The van der Waals surface area contributed by atoms with E-state index in [1.54, 1.807) is 7.11 Å². The number of carboxylic acid groups (broad SMARTS) is 1. The van der Waals surface area contributed by atoms with E-state index in [4.69, 9.17) is 9.84 Å². The molecule has 0 unspecified atom stereocenters. The lowest BCUT2D eigenvalue weighted by Gasteiger charge is -2.21. The summed E-state index contributed by atoms with van der Waals surface area (Å²) in [4.78, 5) is 12.4. The molecule has 0 aromatic rings. The minimum Gasteiger partial charge on any atom is -0.480 e. The standard InChI is InChI=1S/C8H15NO3/c1-12-6-7-3-2-4-9(7)5-8(10)11/h7H,2-6H2,1H3,(H,10,11)/t7-/m1/s1. The highest BCUT2D eigenvalue weighted by Gasteiger charge is 2.25. The van der Waals surface area contributed by atoms with E-state index in [2.05, 4.69) is 0 Å². The minimum absolute atomic E-state index is 0.147. The minimum atomic E-state index is -0.752. The molecule has 1 heterocycles. The largest absolute Gasteiger partial charge is 0.480 e. The van der Waals surface area contributed by atoms with Crippen molar-refractivity contribution in [2.75, 3.05) is 26.8 Å². The number of methoxy groups -OCH3 is 1. The van der Waals surface area contributed by atoms with Crippen LogP contribution < -0.4 is 0 Å². The van der Waals surface area contributed by atoms with Crippen LogP contribution in [0.3, 0.4) is 0 Å². The van der Waals surface area contributed by atoms with E-state index in [1.807, 2.05) is 4.90 Å². The highest BCUT2D eigenvalue weighted by atomic mass is 16.5. The first-order valence-electron chi connectivity index (χ1n) is 4.19. The zero-order valence-electron chi connectivity index (χ0n) is 7.32. The van der Waals surface area contributed by atoms with Crippen molar-refractivity contribution in [3.05, 3.63) is 0 Å². The number of carboxylic acids is 1. The maximum absolute atomic E-state index is 10.4. The number of nitrogens with zero attached hydrogens (tertiary/aromatic N) is 1. The van der Waals surface area contributed by atoms with Gasteiger partial charge in [0.25, 0.3) is 0 Å². The van der Waals surface area contributed by atoms with Crippen molar-refractivity contribution < 1.29 is 14.6 Å². The maximum atomic E-state index is 10.4. The SMILES string of the molecule is COC[C@H]1CCCN1CC(=O)O. The van der Waals surface area contributed by atoms with Gasteiger partial charge in [-0.05, 0) is 19.4 Å². The van der Waals surface area contributed by atoms with Crippen molar-refractivity contribution in [1.29, 1.82) is 0 Å². The summed E-state index contributed by atoms with van der Waals surface area (Å²) in [6, 6.07) is 0.311. The second-order valence-electron chi connectivity index (χ2n) is 3.12. The third kappa shape index (κ3) is 2.46. The van der Waals surface area contributed by atoms with Crippen molar-refractivity contribution in [2.24, 2.45) is 0 Å². The van der Waals surface area contributed by atoms with Gasteiger partial charge in [-0.1, -0.05) is 0 Å². The molecule has 12 heavy (non-hydrogen) atoms. The highest BCUT2D eigenvalue weighted by Crippen LogP contribution is 2.16. The van der Waals surface area contributed by atoms with Crippen LogP contribution in [0, 0.1) is 0 Å². The van der Waals surface area contributed by atoms with Crippen LogP contribution in [0.4, 0.5) is 0 Å². The Hall–Kier alpha value is -0.610. The van der Waals surface area contributed by atoms with Crippen LogP contribution in [-0.4, -0.2) is 48.8 Å². The van der Waals surface area contributed by atoms with Gasteiger partial charge in [-0.2, -0.15) is 0 Å². The molecule has 1 N–H and O–H groups in total. The Balaban J connectivity index is 2.35. The Kier molecular flexibility index (Phi) is 3.49. The van der Waals surface area contributed by atoms with Crippen LogP contribution >= 0.6 is 0 Å². The second-order valence-corrected chi connectivity index (χ2v) is 3.12. The summed E-state index contributed by atoms with van der Waals surface area (Å²) < 4.78 is 5.00. The molecule has 4 heteroatoms. The summed E-state index contributed by atoms with van der Waals surface area (Å²) in [5, 5.41) is 8.58.